The lowest BCUT2D eigenvalue weighted by Gasteiger charge is -2.29. The molecule has 0 saturated carbocycles. The zero-order chi connectivity index (χ0) is 29.5. The van der Waals surface area contributed by atoms with E-state index in [9.17, 15) is 4.79 Å². The van der Waals surface area contributed by atoms with Gasteiger partial charge in [-0.25, -0.2) is 9.48 Å². The fourth-order valence-corrected chi connectivity index (χ4v) is 5.90. The van der Waals surface area contributed by atoms with Crippen molar-refractivity contribution in [3.05, 3.63) is 105 Å². The van der Waals surface area contributed by atoms with Gasteiger partial charge in [0.05, 0.1) is 16.7 Å². The fourth-order valence-electron chi connectivity index (χ4n) is 4.64. The van der Waals surface area contributed by atoms with Crippen molar-refractivity contribution in [2.24, 2.45) is 0 Å². The molecule has 0 fully saturated rings. The molecule has 1 aliphatic rings. The number of aromatic nitrogens is 3. The predicted molar refractivity (Wildman–Crippen MR) is 168 cm³/mol. The van der Waals surface area contributed by atoms with Gasteiger partial charge in [0.1, 0.15) is 19.3 Å². The second-order valence-corrected chi connectivity index (χ2v) is 11.6. The third-order valence-corrected chi connectivity index (χ3v) is 8.21. The van der Waals surface area contributed by atoms with Gasteiger partial charge in [0, 0.05) is 11.4 Å². The molecule has 1 N–H and O–H groups in total. The monoisotopic (exact) mass is 648 g/mol. The van der Waals surface area contributed by atoms with Crippen molar-refractivity contribution in [2.45, 2.75) is 51.6 Å². The van der Waals surface area contributed by atoms with Crippen LogP contribution in [0.15, 0.2) is 93.7 Å². The number of fused-ring (bicyclic) bond motifs is 1. The van der Waals surface area contributed by atoms with Gasteiger partial charge in [-0.2, -0.15) is 4.98 Å². The number of nitrogens with zero attached hydrogens (tertiary/aromatic N) is 3. The number of anilines is 1. The molecule has 0 saturated heterocycles. The van der Waals surface area contributed by atoms with Crippen molar-refractivity contribution < 1.29 is 19.0 Å². The summed E-state index contributed by atoms with van der Waals surface area (Å²) in [5.41, 5.74) is 3.83. The molecule has 1 aromatic heterocycles. The normalized spacial score (nSPS) is 14.2. The molecule has 218 valence electrons. The number of ether oxygens (including phenoxy) is 3. The van der Waals surface area contributed by atoms with Crippen LogP contribution in [0.25, 0.3) is 0 Å². The molecule has 3 aromatic carbocycles. The highest BCUT2D eigenvalue weighted by molar-refractivity contribution is 9.10. The average Bonchev–Trinajstić information content (AvgIpc) is 3.41. The summed E-state index contributed by atoms with van der Waals surface area (Å²) < 4.78 is 20.6. The van der Waals surface area contributed by atoms with Gasteiger partial charge in [-0.1, -0.05) is 79.3 Å². The smallest absolute Gasteiger partial charge is 0.338 e. The van der Waals surface area contributed by atoms with Crippen LogP contribution in [-0.4, -0.2) is 33.1 Å². The van der Waals surface area contributed by atoms with Crippen molar-refractivity contribution in [2.75, 3.05) is 17.7 Å². The first-order valence-electron chi connectivity index (χ1n) is 13.9. The average molecular weight is 650 g/mol. The van der Waals surface area contributed by atoms with Crippen LogP contribution in [0, 0.1) is 0 Å². The number of nitrogens with one attached hydrogen (secondary N) is 1. The second kappa shape index (κ2) is 13.9. The Balaban J connectivity index is 1.53. The molecule has 0 spiro atoms. The molecule has 10 heteroatoms. The molecule has 5 rings (SSSR count). The van der Waals surface area contributed by atoms with Gasteiger partial charge >= 0.3 is 5.97 Å². The second-order valence-electron chi connectivity index (χ2n) is 9.68. The maximum absolute atomic E-state index is 13.7. The Hall–Kier alpha value is -3.76. The maximum atomic E-state index is 13.7. The van der Waals surface area contributed by atoms with E-state index in [0.717, 1.165) is 28.9 Å². The molecule has 0 radical (unpaired) electrons. The van der Waals surface area contributed by atoms with Gasteiger partial charge in [-0.05, 0) is 65.0 Å². The van der Waals surface area contributed by atoms with Crippen LogP contribution in [0.3, 0.4) is 0 Å². The Bertz CT molecular complexity index is 1560. The summed E-state index contributed by atoms with van der Waals surface area (Å²) in [6.45, 7) is 6.88. The first kappa shape index (κ1) is 29.7. The van der Waals surface area contributed by atoms with Gasteiger partial charge in [-0.3, -0.25) is 0 Å². The van der Waals surface area contributed by atoms with Crippen molar-refractivity contribution in [3.8, 4) is 11.5 Å². The quantitative estimate of drug-likeness (QED) is 0.124. The minimum Gasteiger partial charge on any atom is -0.490 e. The predicted octanol–water partition coefficient (Wildman–Crippen LogP) is 7.55. The molecule has 42 heavy (non-hydrogen) atoms. The number of thioether (sulfide) groups is 1. The van der Waals surface area contributed by atoms with Crippen LogP contribution in [0.1, 0.15) is 49.9 Å². The van der Waals surface area contributed by atoms with E-state index in [1.165, 1.54) is 0 Å². The minimum atomic E-state index is -0.605. The van der Waals surface area contributed by atoms with Gasteiger partial charge in [0.15, 0.2) is 11.5 Å². The van der Waals surface area contributed by atoms with Crippen molar-refractivity contribution in [1.29, 1.82) is 0 Å². The number of carbonyl (C=O) groups excluding carboxylic acids is 1. The Labute approximate surface area is 258 Å². The van der Waals surface area contributed by atoms with Gasteiger partial charge < -0.3 is 19.5 Å². The summed E-state index contributed by atoms with van der Waals surface area (Å²) in [7, 11) is 0. The number of halogens is 1. The first-order chi connectivity index (χ1) is 20.5. The van der Waals surface area contributed by atoms with E-state index in [2.05, 4.69) is 28.2 Å². The summed E-state index contributed by atoms with van der Waals surface area (Å²) in [4.78, 5) is 18.4. The Morgan fingerprint density at radius 2 is 1.69 bits per heavy atom. The molecular weight excluding hydrogens is 616 g/mol. The number of carbonyl (C=O) groups is 1. The summed E-state index contributed by atoms with van der Waals surface area (Å²) in [6.07, 6.45) is 0.995. The van der Waals surface area contributed by atoms with Gasteiger partial charge in [0.25, 0.3) is 0 Å². The van der Waals surface area contributed by atoms with E-state index < -0.39 is 12.0 Å². The van der Waals surface area contributed by atoms with Crippen molar-refractivity contribution >= 4 is 39.6 Å². The fraction of sp³-hybridized carbons (Fsp3) is 0.281. The summed E-state index contributed by atoms with van der Waals surface area (Å²) in [5, 5.41) is 8.73. The summed E-state index contributed by atoms with van der Waals surface area (Å²) in [5.74, 6) is 2.17. The Morgan fingerprint density at radius 3 is 2.36 bits per heavy atom. The highest BCUT2D eigenvalue weighted by atomic mass is 79.9. The Morgan fingerprint density at radius 1 is 1.00 bits per heavy atom. The molecule has 1 unspecified atom stereocenters. The van der Waals surface area contributed by atoms with E-state index in [-0.39, 0.29) is 6.61 Å². The molecule has 0 amide bonds. The zero-order valence-electron chi connectivity index (χ0n) is 23.8. The van der Waals surface area contributed by atoms with Gasteiger partial charge in [0.2, 0.25) is 11.1 Å². The molecule has 0 bridgehead atoms. The lowest BCUT2D eigenvalue weighted by molar-refractivity contribution is -0.140. The van der Waals surface area contributed by atoms with E-state index in [1.54, 1.807) is 16.4 Å². The Kier molecular flexibility index (Phi) is 9.86. The summed E-state index contributed by atoms with van der Waals surface area (Å²) >= 11 is 5.30. The standard InChI is InChI=1S/C32H33BrN4O4S/c1-4-16-42-32-35-31-34-21(3)27(30(38)41-20-23-14-10-7-11-15-23)28(37(31)36-32)24-17-25(33)29(26(18-24)39-5-2)40-19-22-12-8-6-9-13-22/h6-15,17-18,28H,4-5,16,19-20H2,1-3H3,(H,34,35,36). The molecule has 8 nitrogen and oxygen atoms in total. The van der Waals surface area contributed by atoms with Crippen LogP contribution in [0.4, 0.5) is 5.95 Å². The third kappa shape index (κ3) is 6.82. The molecular formula is C32H33BrN4O4S. The van der Waals surface area contributed by atoms with Crippen molar-refractivity contribution in [3.63, 3.8) is 0 Å². The van der Waals surface area contributed by atoms with Crippen LogP contribution in [-0.2, 0) is 22.7 Å². The summed E-state index contributed by atoms with van der Waals surface area (Å²) in [6, 6.07) is 22.8. The number of rotatable bonds is 12. The van der Waals surface area contributed by atoms with E-state index >= 15 is 0 Å². The largest absolute Gasteiger partial charge is 0.490 e. The van der Waals surface area contributed by atoms with Crippen LogP contribution in [0.5, 0.6) is 11.5 Å². The van der Waals surface area contributed by atoms with Crippen molar-refractivity contribution in [1.82, 2.24) is 14.8 Å². The highest BCUT2D eigenvalue weighted by Crippen LogP contribution is 2.43. The number of benzene rings is 3. The third-order valence-electron chi connectivity index (χ3n) is 6.57. The van der Waals surface area contributed by atoms with E-state index in [4.69, 9.17) is 24.3 Å². The number of hydrogen-bond acceptors (Lipinski definition) is 8. The number of allylic oxidation sites excluding steroid dienone is 1. The molecule has 1 atom stereocenters. The van der Waals surface area contributed by atoms with Gasteiger partial charge in [-0.15, -0.1) is 5.10 Å². The first-order valence-corrected chi connectivity index (χ1v) is 15.7. The van der Waals surface area contributed by atoms with Crippen LogP contribution in [0.2, 0.25) is 0 Å². The number of esters is 1. The van der Waals surface area contributed by atoms with E-state index in [0.29, 0.717) is 51.6 Å². The van der Waals surface area contributed by atoms with E-state index in [1.807, 2.05) is 86.6 Å². The molecule has 2 heterocycles. The van der Waals surface area contributed by atoms with Crippen LogP contribution >= 0.6 is 27.7 Å². The van der Waals surface area contributed by atoms with Crippen LogP contribution < -0.4 is 14.8 Å². The molecule has 4 aromatic rings. The molecule has 1 aliphatic heterocycles. The lowest BCUT2D eigenvalue weighted by Crippen LogP contribution is -2.29. The molecule has 0 aliphatic carbocycles. The topological polar surface area (TPSA) is 87.5 Å². The zero-order valence-corrected chi connectivity index (χ0v) is 26.2. The SMILES string of the molecule is CCCSc1nc2n(n1)C(c1cc(Br)c(OCc3ccccc3)c(OCC)c1)C(C(=O)OCc1ccccc1)=C(C)N2. The number of hydrogen-bond donors (Lipinski definition) is 1. The lowest BCUT2D eigenvalue weighted by atomic mass is 9.95. The highest BCUT2D eigenvalue weighted by Gasteiger charge is 2.36. The minimum absolute atomic E-state index is 0.158. The maximum Gasteiger partial charge on any atom is 0.338 e.